The van der Waals surface area contributed by atoms with Crippen molar-refractivity contribution in [2.75, 3.05) is 36.2 Å². The van der Waals surface area contributed by atoms with E-state index in [-0.39, 0.29) is 0 Å². The molecule has 10 rings (SSSR count). The van der Waals surface area contributed by atoms with Crippen LogP contribution in [0.15, 0.2) is 170 Å². The predicted molar refractivity (Wildman–Crippen MR) is 230 cm³/mol. The minimum Gasteiger partial charge on any atom is -0.485 e. The molecule has 2 aliphatic heterocycles. The Bertz CT molecular complexity index is 2390. The highest BCUT2D eigenvalue weighted by Gasteiger charge is 2.31. The van der Waals surface area contributed by atoms with Gasteiger partial charge in [0.25, 0.3) is 0 Å². The van der Waals surface area contributed by atoms with Crippen LogP contribution in [0, 0.1) is 0 Å². The van der Waals surface area contributed by atoms with Crippen LogP contribution in [0.3, 0.4) is 0 Å². The van der Waals surface area contributed by atoms with Crippen LogP contribution in [0.1, 0.15) is 0 Å². The molecule has 0 N–H and O–H groups in total. The average molecular weight is 769 g/mol. The molecule has 6 nitrogen and oxygen atoms in total. The van der Waals surface area contributed by atoms with Gasteiger partial charge < -0.3 is 18.9 Å². The maximum atomic E-state index is 6.35. The first-order valence-electron chi connectivity index (χ1n) is 18.7. The van der Waals surface area contributed by atoms with E-state index in [0.29, 0.717) is 26.4 Å². The lowest BCUT2D eigenvalue weighted by atomic mass is 10.0. The first-order chi connectivity index (χ1) is 27.8. The second kappa shape index (κ2) is 15.0. The summed E-state index contributed by atoms with van der Waals surface area (Å²) in [6.45, 7) is 2.07. The smallest absolute Gasteiger partial charge is 0.197 e. The standard InChI is InChI=1S/C48H36N2O4S2/c1-5-13-35(14-6-1)45-41-43(53-31-29-51-41)47(55-45)49(37-17-9-3-10-18-37)39-25-21-33(22-26-39)34-23-27-40(28-24-34)50(38-19-11-4-12-20-38)48-44-42(52-30-32-54-44)46(56-48)36-15-7-2-8-16-36/h1-28H,29-32H2. The van der Waals surface area contributed by atoms with Crippen LogP contribution in [-0.2, 0) is 0 Å². The van der Waals surface area contributed by atoms with Crippen molar-refractivity contribution in [3.05, 3.63) is 170 Å². The molecule has 0 aliphatic carbocycles. The van der Waals surface area contributed by atoms with Crippen LogP contribution in [-0.4, -0.2) is 26.4 Å². The van der Waals surface area contributed by atoms with Gasteiger partial charge in [0.2, 0.25) is 0 Å². The third kappa shape index (κ3) is 6.32. The summed E-state index contributed by atoms with van der Waals surface area (Å²) in [5.41, 5.74) is 8.61. The van der Waals surface area contributed by atoms with Gasteiger partial charge in [-0.15, -0.1) is 22.7 Å². The Morgan fingerprint density at radius 3 is 0.964 bits per heavy atom. The number of nitrogens with zero attached hydrogens (tertiary/aromatic N) is 2. The molecule has 2 aromatic heterocycles. The highest BCUT2D eigenvalue weighted by molar-refractivity contribution is 7.21. The van der Waals surface area contributed by atoms with Crippen molar-refractivity contribution in [2.24, 2.45) is 0 Å². The summed E-state index contributed by atoms with van der Waals surface area (Å²) in [6, 6.07) is 59.2. The van der Waals surface area contributed by atoms with Crippen LogP contribution in [0.5, 0.6) is 23.0 Å². The number of hydrogen-bond acceptors (Lipinski definition) is 8. The van der Waals surface area contributed by atoms with Crippen LogP contribution in [0.25, 0.3) is 32.0 Å². The van der Waals surface area contributed by atoms with Gasteiger partial charge in [-0.25, -0.2) is 0 Å². The number of anilines is 6. The van der Waals surface area contributed by atoms with Crippen molar-refractivity contribution in [2.45, 2.75) is 0 Å². The molecule has 8 aromatic rings. The topological polar surface area (TPSA) is 43.4 Å². The van der Waals surface area contributed by atoms with Crippen molar-refractivity contribution in [1.29, 1.82) is 0 Å². The second-order valence-electron chi connectivity index (χ2n) is 13.4. The number of thiophene rings is 2. The maximum Gasteiger partial charge on any atom is 0.197 e. The highest BCUT2D eigenvalue weighted by Crippen LogP contribution is 2.58. The van der Waals surface area contributed by atoms with Crippen molar-refractivity contribution < 1.29 is 18.9 Å². The average Bonchev–Trinajstić information content (AvgIpc) is 3.85. The molecule has 0 saturated carbocycles. The molecule has 4 heterocycles. The molecule has 0 atom stereocenters. The molecular formula is C48H36N2O4S2. The van der Waals surface area contributed by atoms with Gasteiger partial charge in [-0.1, -0.05) is 121 Å². The zero-order chi connectivity index (χ0) is 37.3. The van der Waals surface area contributed by atoms with E-state index in [2.05, 4.69) is 155 Å². The molecule has 56 heavy (non-hydrogen) atoms. The second-order valence-corrected chi connectivity index (χ2v) is 15.3. The van der Waals surface area contributed by atoms with Crippen LogP contribution < -0.4 is 28.7 Å². The van der Waals surface area contributed by atoms with E-state index >= 15 is 0 Å². The summed E-state index contributed by atoms with van der Waals surface area (Å²) in [4.78, 5) is 6.67. The van der Waals surface area contributed by atoms with Crippen molar-refractivity contribution in [3.63, 3.8) is 0 Å². The zero-order valence-electron chi connectivity index (χ0n) is 30.3. The van der Waals surface area contributed by atoms with Gasteiger partial charge in [0.05, 0.1) is 9.75 Å². The van der Waals surface area contributed by atoms with Gasteiger partial charge in [-0.2, -0.15) is 0 Å². The fourth-order valence-corrected chi connectivity index (χ4v) is 9.73. The van der Waals surface area contributed by atoms with Crippen LogP contribution in [0.2, 0.25) is 0 Å². The fourth-order valence-electron chi connectivity index (χ4n) is 7.25. The lowest BCUT2D eigenvalue weighted by molar-refractivity contribution is 0.175. The first-order valence-corrected chi connectivity index (χ1v) is 20.3. The third-order valence-electron chi connectivity index (χ3n) is 9.85. The van der Waals surface area contributed by atoms with E-state index in [1.54, 1.807) is 22.7 Å². The first kappa shape index (κ1) is 34.0. The van der Waals surface area contributed by atoms with Gasteiger partial charge in [0.1, 0.15) is 36.4 Å². The molecule has 0 fully saturated rings. The predicted octanol–water partition coefficient (Wildman–Crippen LogP) is 13.3. The molecular weight excluding hydrogens is 733 g/mol. The molecule has 0 saturated heterocycles. The van der Waals surface area contributed by atoms with Gasteiger partial charge >= 0.3 is 0 Å². The molecule has 6 aromatic carbocycles. The third-order valence-corrected chi connectivity index (χ3v) is 12.2. The Balaban J connectivity index is 1.01. The quantitative estimate of drug-likeness (QED) is 0.146. The monoisotopic (exact) mass is 768 g/mol. The number of fused-ring (bicyclic) bond motifs is 2. The van der Waals surface area contributed by atoms with E-state index in [9.17, 15) is 0 Å². The lowest BCUT2D eigenvalue weighted by Gasteiger charge is -2.26. The molecule has 0 amide bonds. The summed E-state index contributed by atoms with van der Waals surface area (Å²) in [5.74, 6) is 3.18. The summed E-state index contributed by atoms with van der Waals surface area (Å²) < 4.78 is 25.2. The van der Waals surface area contributed by atoms with Crippen molar-refractivity contribution >= 4 is 55.4 Å². The van der Waals surface area contributed by atoms with E-state index in [0.717, 1.165) is 87.8 Å². The number of para-hydroxylation sites is 2. The lowest BCUT2D eigenvalue weighted by Crippen LogP contribution is -2.17. The van der Waals surface area contributed by atoms with Crippen LogP contribution in [0.4, 0.5) is 32.8 Å². The summed E-state index contributed by atoms with van der Waals surface area (Å²) >= 11 is 3.38. The van der Waals surface area contributed by atoms with Crippen molar-refractivity contribution in [1.82, 2.24) is 0 Å². The Morgan fingerprint density at radius 1 is 0.304 bits per heavy atom. The largest absolute Gasteiger partial charge is 0.485 e. The minimum absolute atomic E-state index is 0.508. The number of hydrogen-bond donors (Lipinski definition) is 0. The van der Waals surface area contributed by atoms with E-state index in [1.165, 1.54) is 0 Å². The normalized spacial score (nSPS) is 12.9. The van der Waals surface area contributed by atoms with Gasteiger partial charge in [0, 0.05) is 22.7 Å². The number of benzene rings is 6. The van der Waals surface area contributed by atoms with E-state index in [4.69, 9.17) is 18.9 Å². The Hall–Kier alpha value is -6.48. The summed E-state index contributed by atoms with van der Waals surface area (Å²) in [5, 5.41) is 1.98. The molecule has 274 valence electrons. The Kier molecular flexibility index (Phi) is 9.11. The van der Waals surface area contributed by atoms with Crippen LogP contribution >= 0.6 is 22.7 Å². The minimum atomic E-state index is 0.508. The van der Waals surface area contributed by atoms with Gasteiger partial charge in [0.15, 0.2) is 23.0 Å². The highest BCUT2D eigenvalue weighted by atomic mass is 32.1. The van der Waals surface area contributed by atoms with Gasteiger partial charge in [-0.05, 0) is 70.8 Å². The number of rotatable bonds is 9. The molecule has 2 aliphatic rings. The van der Waals surface area contributed by atoms with E-state index < -0.39 is 0 Å². The van der Waals surface area contributed by atoms with Crippen molar-refractivity contribution in [3.8, 4) is 55.0 Å². The SMILES string of the molecule is c1ccc(-c2sc(N(c3ccccc3)c3ccc(-c4ccc(N(c5ccccc5)c5sc(-c6ccccc6)c6c5OCCO6)cc4)cc3)c3c2OCCO3)cc1. The zero-order valence-corrected chi connectivity index (χ0v) is 32.0. The van der Waals surface area contributed by atoms with E-state index in [1.807, 2.05) is 24.3 Å². The van der Waals surface area contributed by atoms with Gasteiger partial charge in [-0.3, -0.25) is 9.80 Å². The maximum absolute atomic E-state index is 6.35. The molecule has 8 heteroatoms. The number of ether oxygens (including phenoxy) is 4. The summed E-state index contributed by atoms with van der Waals surface area (Å²) in [6.07, 6.45) is 0. The molecule has 0 bridgehead atoms. The molecule has 0 spiro atoms. The Labute approximate surface area is 334 Å². The fraction of sp³-hybridized carbons (Fsp3) is 0.0833. The molecule has 0 unspecified atom stereocenters. The molecule has 0 radical (unpaired) electrons. The summed E-state index contributed by atoms with van der Waals surface area (Å²) in [7, 11) is 0. The Morgan fingerprint density at radius 2 is 0.607 bits per heavy atom.